The summed E-state index contributed by atoms with van der Waals surface area (Å²) in [5, 5.41) is 7.72. The van der Waals surface area contributed by atoms with Crippen molar-refractivity contribution in [2.24, 2.45) is 0 Å². The fourth-order valence-electron chi connectivity index (χ4n) is 4.91. The van der Waals surface area contributed by atoms with Gasteiger partial charge in [0, 0.05) is 43.4 Å². The molecule has 170 valence electrons. The first-order valence-electron chi connectivity index (χ1n) is 12.0. The molecular weight excluding hydrogens is 402 g/mol. The first kappa shape index (κ1) is 21.1. The summed E-state index contributed by atoms with van der Waals surface area (Å²) in [7, 11) is 0. The number of nitrogens with one attached hydrogen (secondary N) is 2. The highest BCUT2D eigenvalue weighted by Crippen LogP contribution is 2.37. The smallest absolute Gasteiger partial charge is 0.224 e. The Kier molecular flexibility index (Phi) is 6.48. The number of hydrogen-bond acceptors (Lipinski definition) is 7. The molecule has 3 aromatic rings. The van der Waals surface area contributed by atoms with E-state index in [1.54, 1.807) is 0 Å². The van der Waals surface area contributed by atoms with Gasteiger partial charge in [0.15, 0.2) is 0 Å². The summed E-state index contributed by atoms with van der Waals surface area (Å²) in [4.78, 5) is 18.6. The number of pyridine rings is 1. The standard InChI is InChI=1S/C24H33N7O/c1-17-26-11-13-31(17)14-12-27-24-29-16-21-22(30-24)20(18-5-3-2-4-6-18)15-28-23(21)32-19-7-9-25-10-8-19/h11,13,15-16,18-19,25H,2-10,12,14H2,1H3,(H,27,29,30). The van der Waals surface area contributed by atoms with Crippen LogP contribution in [0.5, 0.6) is 5.88 Å². The van der Waals surface area contributed by atoms with Crippen LogP contribution in [0.1, 0.15) is 62.3 Å². The van der Waals surface area contributed by atoms with Gasteiger partial charge in [-0.25, -0.2) is 19.9 Å². The number of anilines is 1. The Bertz CT molecular complexity index is 1040. The monoisotopic (exact) mass is 435 g/mol. The van der Waals surface area contributed by atoms with Crippen molar-refractivity contribution in [1.82, 2.24) is 29.8 Å². The van der Waals surface area contributed by atoms with Crippen LogP contribution in [0, 0.1) is 6.92 Å². The normalized spacial score (nSPS) is 18.2. The second kappa shape index (κ2) is 9.81. The molecule has 2 fully saturated rings. The largest absolute Gasteiger partial charge is 0.474 e. The van der Waals surface area contributed by atoms with E-state index in [0.717, 1.165) is 55.7 Å². The van der Waals surface area contributed by atoms with Gasteiger partial charge in [0.25, 0.3) is 0 Å². The van der Waals surface area contributed by atoms with Gasteiger partial charge in [-0.05, 0) is 51.6 Å². The van der Waals surface area contributed by atoms with Gasteiger partial charge >= 0.3 is 0 Å². The first-order chi connectivity index (χ1) is 15.8. The second-order valence-corrected chi connectivity index (χ2v) is 8.97. The zero-order valence-corrected chi connectivity index (χ0v) is 18.9. The predicted molar refractivity (Wildman–Crippen MR) is 125 cm³/mol. The number of fused-ring (bicyclic) bond motifs is 1. The number of hydrogen-bond donors (Lipinski definition) is 2. The van der Waals surface area contributed by atoms with Gasteiger partial charge in [-0.15, -0.1) is 0 Å². The average molecular weight is 436 g/mol. The molecule has 5 rings (SSSR count). The fraction of sp³-hybridized carbons (Fsp3) is 0.583. The van der Waals surface area contributed by atoms with Crippen molar-refractivity contribution in [1.29, 1.82) is 0 Å². The molecule has 8 nitrogen and oxygen atoms in total. The number of aromatic nitrogens is 5. The van der Waals surface area contributed by atoms with Crippen molar-refractivity contribution < 1.29 is 4.74 Å². The van der Waals surface area contributed by atoms with Crippen LogP contribution in [0.25, 0.3) is 10.9 Å². The molecule has 0 unspecified atom stereocenters. The number of nitrogens with zero attached hydrogens (tertiary/aromatic N) is 5. The fourth-order valence-corrected chi connectivity index (χ4v) is 4.91. The lowest BCUT2D eigenvalue weighted by molar-refractivity contribution is 0.158. The molecule has 0 radical (unpaired) electrons. The van der Waals surface area contributed by atoms with E-state index in [1.165, 1.54) is 37.7 Å². The van der Waals surface area contributed by atoms with Gasteiger partial charge < -0.3 is 19.9 Å². The highest BCUT2D eigenvalue weighted by Gasteiger charge is 2.23. The maximum atomic E-state index is 6.33. The Morgan fingerprint density at radius 2 is 1.91 bits per heavy atom. The summed E-state index contributed by atoms with van der Waals surface area (Å²) >= 11 is 0. The van der Waals surface area contributed by atoms with Crippen LogP contribution in [0.4, 0.5) is 5.95 Å². The molecule has 0 aromatic carbocycles. The minimum atomic E-state index is 0.198. The van der Waals surface area contributed by atoms with E-state index in [-0.39, 0.29) is 6.10 Å². The molecule has 4 heterocycles. The lowest BCUT2D eigenvalue weighted by Crippen LogP contribution is -2.34. The number of imidazole rings is 1. The lowest BCUT2D eigenvalue weighted by atomic mass is 9.84. The molecule has 0 atom stereocenters. The molecule has 1 aliphatic carbocycles. The Morgan fingerprint density at radius 3 is 2.69 bits per heavy atom. The van der Waals surface area contributed by atoms with Crippen molar-refractivity contribution in [3.05, 3.63) is 36.2 Å². The van der Waals surface area contributed by atoms with Gasteiger partial charge in [-0.1, -0.05) is 19.3 Å². The van der Waals surface area contributed by atoms with Gasteiger partial charge in [-0.2, -0.15) is 0 Å². The van der Waals surface area contributed by atoms with Crippen LogP contribution >= 0.6 is 0 Å². The Balaban J connectivity index is 1.41. The summed E-state index contributed by atoms with van der Waals surface area (Å²) in [6, 6.07) is 0. The van der Waals surface area contributed by atoms with E-state index in [0.29, 0.717) is 17.7 Å². The average Bonchev–Trinajstić information content (AvgIpc) is 3.25. The maximum Gasteiger partial charge on any atom is 0.224 e. The third-order valence-electron chi connectivity index (χ3n) is 6.78. The molecule has 0 bridgehead atoms. The van der Waals surface area contributed by atoms with E-state index in [9.17, 15) is 0 Å². The van der Waals surface area contributed by atoms with E-state index in [2.05, 4.69) is 25.2 Å². The van der Waals surface area contributed by atoms with Crippen molar-refractivity contribution in [3.8, 4) is 5.88 Å². The van der Waals surface area contributed by atoms with Gasteiger partial charge in [0.2, 0.25) is 11.8 Å². The SMILES string of the molecule is Cc1nccn1CCNc1ncc2c(OC3CCNCC3)ncc(C3CCCCC3)c2n1. The molecular formula is C24H33N7O. The van der Waals surface area contributed by atoms with Crippen LogP contribution in [-0.4, -0.2) is 50.2 Å². The second-order valence-electron chi connectivity index (χ2n) is 8.97. The highest BCUT2D eigenvalue weighted by atomic mass is 16.5. The zero-order chi connectivity index (χ0) is 21.8. The van der Waals surface area contributed by atoms with Crippen LogP contribution in [-0.2, 0) is 6.54 Å². The predicted octanol–water partition coefficient (Wildman–Crippen LogP) is 3.82. The molecule has 3 aromatic heterocycles. The van der Waals surface area contributed by atoms with Crippen molar-refractivity contribution in [2.45, 2.75) is 70.4 Å². The molecule has 8 heteroatoms. The Hall–Kier alpha value is -2.74. The Labute approximate surface area is 189 Å². The molecule has 0 spiro atoms. The summed E-state index contributed by atoms with van der Waals surface area (Å²) in [5.41, 5.74) is 2.24. The van der Waals surface area contributed by atoms with Crippen LogP contribution in [0.3, 0.4) is 0 Å². The van der Waals surface area contributed by atoms with E-state index < -0.39 is 0 Å². The quantitative estimate of drug-likeness (QED) is 0.583. The van der Waals surface area contributed by atoms with Gasteiger partial charge in [0.05, 0.1) is 10.9 Å². The lowest BCUT2D eigenvalue weighted by Gasteiger charge is -2.25. The summed E-state index contributed by atoms with van der Waals surface area (Å²) in [6.45, 7) is 5.56. The van der Waals surface area contributed by atoms with E-state index in [1.807, 2.05) is 31.7 Å². The minimum absolute atomic E-state index is 0.198. The minimum Gasteiger partial charge on any atom is -0.474 e. The number of rotatable bonds is 7. The first-order valence-corrected chi connectivity index (χ1v) is 12.0. The van der Waals surface area contributed by atoms with Crippen molar-refractivity contribution in [2.75, 3.05) is 25.0 Å². The molecule has 0 amide bonds. The van der Waals surface area contributed by atoms with Crippen molar-refractivity contribution >= 4 is 16.9 Å². The molecule has 2 aliphatic rings. The van der Waals surface area contributed by atoms with Crippen molar-refractivity contribution in [3.63, 3.8) is 0 Å². The number of piperidine rings is 1. The molecule has 2 N–H and O–H groups in total. The maximum absolute atomic E-state index is 6.33. The third-order valence-corrected chi connectivity index (χ3v) is 6.78. The molecule has 1 saturated heterocycles. The zero-order valence-electron chi connectivity index (χ0n) is 18.9. The summed E-state index contributed by atoms with van der Waals surface area (Å²) in [5.74, 6) is 2.86. The van der Waals surface area contributed by atoms with Crippen LogP contribution < -0.4 is 15.4 Å². The summed E-state index contributed by atoms with van der Waals surface area (Å²) < 4.78 is 8.45. The van der Waals surface area contributed by atoms with Crippen LogP contribution in [0.15, 0.2) is 24.8 Å². The third kappa shape index (κ3) is 4.70. The van der Waals surface area contributed by atoms with E-state index >= 15 is 0 Å². The van der Waals surface area contributed by atoms with E-state index in [4.69, 9.17) is 14.7 Å². The highest BCUT2D eigenvalue weighted by molar-refractivity contribution is 5.86. The molecule has 1 saturated carbocycles. The Morgan fingerprint density at radius 1 is 1.06 bits per heavy atom. The topological polar surface area (TPSA) is 89.8 Å². The number of aryl methyl sites for hydroxylation is 1. The molecule has 32 heavy (non-hydrogen) atoms. The van der Waals surface area contributed by atoms with Gasteiger partial charge in [-0.3, -0.25) is 0 Å². The summed E-state index contributed by atoms with van der Waals surface area (Å²) in [6.07, 6.45) is 16.2. The molecule has 1 aliphatic heterocycles. The van der Waals surface area contributed by atoms with Crippen LogP contribution in [0.2, 0.25) is 0 Å². The van der Waals surface area contributed by atoms with Gasteiger partial charge in [0.1, 0.15) is 11.9 Å². The number of ether oxygens (including phenoxy) is 1.